The van der Waals surface area contributed by atoms with E-state index in [1.54, 1.807) is 0 Å². The second-order valence-electron chi connectivity index (χ2n) is 4.75. The topological polar surface area (TPSA) is 41.5 Å². The standard InChI is InChI=1S/C17H17IN2OS/c1-12(14-8-10-15(18)11-9-14)19-20-17(21)13(2)22-16-6-4-3-5-7-16/h3-11,13H,1-2H3,(H,20,21)/b19-12+. The Morgan fingerprint density at radius 3 is 2.41 bits per heavy atom. The summed E-state index contributed by atoms with van der Waals surface area (Å²) in [5, 5.41) is 3.99. The van der Waals surface area contributed by atoms with Crippen LogP contribution in [0.3, 0.4) is 0 Å². The average Bonchev–Trinajstić information content (AvgIpc) is 2.53. The van der Waals surface area contributed by atoms with Crippen LogP contribution in [0.5, 0.6) is 0 Å². The molecule has 2 aromatic carbocycles. The molecule has 1 unspecified atom stereocenters. The summed E-state index contributed by atoms with van der Waals surface area (Å²) in [6, 6.07) is 17.9. The van der Waals surface area contributed by atoms with Crippen molar-refractivity contribution in [2.75, 3.05) is 0 Å². The van der Waals surface area contributed by atoms with Gasteiger partial charge in [-0.2, -0.15) is 5.10 Å². The molecule has 0 saturated carbocycles. The molecule has 1 N–H and O–H groups in total. The number of nitrogens with one attached hydrogen (secondary N) is 1. The number of carbonyl (C=O) groups is 1. The number of thioether (sulfide) groups is 1. The van der Waals surface area contributed by atoms with Gasteiger partial charge in [0, 0.05) is 8.47 Å². The van der Waals surface area contributed by atoms with Crippen LogP contribution >= 0.6 is 34.4 Å². The van der Waals surface area contributed by atoms with Gasteiger partial charge in [0.2, 0.25) is 0 Å². The fourth-order valence-electron chi connectivity index (χ4n) is 1.74. The molecule has 0 aliphatic rings. The van der Waals surface area contributed by atoms with Crippen molar-refractivity contribution in [3.63, 3.8) is 0 Å². The number of amides is 1. The summed E-state index contributed by atoms with van der Waals surface area (Å²) < 4.78 is 1.17. The SMILES string of the molecule is C/C(=N\NC(=O)C(C)Sc1ccccc1)c1ccc(I)cc1. The molecule has 0 radical (unpaired) electrons. The molecule has 0 aliphatic carbocycles. The number of halogens is 1. The van der Waals surface area contributed by atoms with Crippen LogP contribution < -0.4 is 5.43 Å². The number of hydrazone groups is 1. The summed E-state index contributed by atoms with van der Waals surface area (Å²) in [7, 11) is 0. The molecule has 2 rings (SSSR count). The van der Waals surface area contributed by atoms with E-state index in [0.29, 0.717) is 0 Å². The van der Waals surface area contributed by atoms with Crippen molar-refractivity contribution in [2.24, 2.45) is 5.10 Å². The Morgan fingerprint density at radius 2 is 1.77 bits per heavy atom. The second kappa shape index (κ2) is 8.33. The van der Waals surface area contributed by atoms with Crippen LogP contribution in [0.4, 0.5) is 0 Å². The molecule has 0 aliphatic heterocycles. The number of carbonyl (C=O) groups excluding carboxylic acids is 1. The van der Waals surface area contributed by atoms with Crippen LogP contribution in [0.1, 0.15) is 19.4 Å². The first-order valence-electron chi connectivity index (χ1n) is 6.88. The summed E-state index contributed by atoms with van der Waals surface area (Å²) >= 11 is 3.78. The zero-order chi connectivity index (χ0) is 15.9. The highest BCUT2D eigenvalue weighted by molar-refractivity contribution is 14.1. The van der Waals surface area contributed by atoms with E-state index in [9.17, 15) is 4.79 Å². The first-order valence-corrected chi connectivity index (χ1v) is 8.84. The van der Waals surface area contributed by atoms with Gasteiger partial charge in [-0.05, 0) is 66.3 Å². The minimum absolute atomic E-state index is 0.0984. The van der Waals surface area contributed by atoms with Gasteiger partial charge in [-0.15, -0.1) is 11.8 Å². The van der Waals surface area contributed by atoms with Crippen LogP contribution in [-0.4, -0.2) is 16.9 Å². The van der Waals surface area contributed by atoms with E-state index in [1.807, 2.05) is 68.4 Å². The fraction of sp³-hybridized carbons (Fsp3) is 0.176. The van der Waals surface area contributed by atoms with Crippen molar-refractivity contribution in [3.8, 4) is 0 Å². The van der Waals surface area contributed by atoms with E-state index in [2.05, 4.69) is 33.1 Å². The molecular formula is C17H17IN2OS. The van der Waals surface area contributed by atoms with E-state index in [-0.39, 0.29) is 11.2 Å². The van der Waals surface area contributed by atoms with Crippen LogP contribution in [-0.2, 0) is 4.79 Å². The molecule has 0 aromatic heterocycles. The molecule has 22 heavy (non-hydrogen) atoms. The van der Waals surface area contributed by atoms with Crippen molar-refractivity contribution >= 4 is 46.0 Å². The van der Waals surface area contributed by atoms with Gasteiger partial charge >= 0.3 is 0 Å². The molecule has 5 heteroatoms. The summed E-state index contributed by atoms with van der Waals surface area (Å²) in [5.74, 6) is -0.0984. The van der Waals surface area contributed by atoms with Crippen LogP contribution in [0, 0.1) is 3.57 Å². The molecule has 3 nitrogen and oxygen atoms in total. The number of hydrogen-bond acceptors (Lipinski definition) is 3. The number of nitrogens with zero attached hydrogens (tertiary/aromatic N) is 1. The highest BCUT2D eigenvalue weighted by atomic mass is 127. The van der Waals surface area contributed by atoms with Gasteiger partial charge < -0.3 is 0 Å². The van der Waals surface area contributed by atoms with Crippen LogP contribution in [0.25, 0.3) is 0 Å². The van der Waals surface area contributed by atoms with Crippen molar-refractivity contribution in [2.45, 2.75) is 24.0 Å². The van der Waals surface area contributed by atoms with Crippen molar-refractivity contribution in [1.82, 2.24) is 5.43 Å². The van der Waals surface area contributed by atoms with Gasteiger partial charge in [0.1, 0.15) is 0 Å². The highest BCUT2D eigenvalue weighted by Crippen LogP contribution is 2.22. The van der Waals surface area contributed by atoms with E-state index in [1.165, 1.54) is 15.3 Å². The first-order chi connectivity index (χ1) is 10.6. The highest BCUT2D eigenvalue weighted by Gasteiger charge is 2.13. The Bertz CT molecular complexity index is 656. The molecule has 1 amide bonds. The third-order valence-corrected chi connectivity index (χ3v) is 4.85. The Kier molecular flexibility index (Phi) is 6.45. The lowest BCUT2D eigenvalue weighted by atomic mass is 10.1. The second-order valence-corrected chi connectivity index (χ2v) is 7.41. The van der Waals surface area contributed by atoms with Crippen molar-refractivity contribution < 1.29 is 4.79 Å². The van der Waals surface area contributed by atoms with Crippen LogP contribution in [0.2, 0.25) is 0 Å². The minimum Gasteiger partial charge on any atom is -0.272 e. The lowest BCUT2D eigenvalue weighted by molar-refractivity contribution is -0.120. The third-order valence-electron chi connectivity index (χ3n) is 3.02. The predicted octanol–water partition coefficient (Wildman–Crippen LogP) is 4.31. The maximum absolute atomic E-state index is 12.1. The van der Waals surface area contributed by atoms with Crippen LogP contribution in [0.15, 0.2) is 64.6 Å². The lowest BCUT2D eigenvalue weighted by Gasteiger charge is -2.10. The number of rotatable bonds is 5. The molecule has 0 fully saturated rings. The normalized spacial score (nSPS) is 12.8. The molecule has 114 valence electrons. The summed E-state index contributed by atoms with van der Waals surface area (Å²) in [6.45, 7) is 3.76. The fourth-order valence-corrected chi connectivity index (χ4v) is 2.98. The number of benzene rings is 2. The zero-order valence-corrected chi connectivity index (χ0v) is 15.4. The van der Waals surface area contributed by atoms with E-state index in [4.69, 9.17) is 0 Å². The zero-order valence-electron chi connectivity index (χ0n) is 12.4. The lowest BCUT2D eigenvalue weighted by Crippen LogP contribution is -2.27. The average molecular weight is 424 g/mol. The van der Waals surface area contributed by atoms with Gasteiger partial charge in [0.15, 0.2) is 0 Å². The monoisotopic (exact) mass is 424 g/mol. The molecule has 2 aromatic rings. The van der Waals surface area contributed by atoms with Gasteiger partial charge in [-0.25, -0.2) is 5.43 Å². The number of hydrogen-bond donors (Lipinski definition) is 1. The van der Waals surface area contributed by atoms with Gasteiger partial charge in [0.05, 0.1) is 11.0 Å². The molecule has 0 heterocycles. The molecule has 0 bridgehead atoms. The Balaban J connectivity index is 1.93. The summed E-state index contributed by atoms with van der Waals surface area (Å²) in [4.78, 5) is 13.2. The third kappa shape index (κ3) is 5.14. The van der Waals surface area contributed by atoms with E-state index in [0.717, 1.165) is 16.2 Å². The van der Waals surface area contributed by atoms with E-state index < -0.39 is 0 Å². The van der Waals surface area contributed by atoms with Gasteiger partial charge in [-0.1, -0.05) is 30.3 Å². The largest absolute Gasteiger partial charge is 0.272 e. The first kappa shape index (κ1) is 17.0. The predicted molar refractivity (Wildman–Crippen MR) is 101 cm³/mol. The minimum atomic E-state index is -0.198. The Morgan fingerprint density at radius 1 is 1.14 bits per heavy atom. The summed E-state index contributed by atoms with van der Waals surface area (Å²) in [6.07, 6.45) is 0. The van der Waals surface area contributed by atoms with Gasteiger partial charge in [0.25, 0.3) is 5.91 Å². The molecule has 0 spiro atoms. The Hall–Kier alpha value is -1.34. The maximum Gasteiger partial charge on any atom is 0.253 e. The van der Waals surface area contributed by atoms with E-state index >= 15 is 0 Å². The van der Waals surface area contributed by atoms with Gasteiger partial charge in [-0.3, -0.25) is 4.79 Å². The Labute approximate surface area is 148 Å². The summed E-state index contributed by atoms with van der Waals surface area (Å²) in [5.41, 5.74) is 4.44. The quantitative estimate of drug-likeness (QED) is 0.336. The molecular weight excluding hydrogens is 407 g/mol. The molecule has 1 atom stereocenters. The van der Waals surface area contributed by atoms with Crippen molar-refractivity contribution in [1.29, 1.82) is 0 Å². The smallest absolute Gasteiger partial charge is 0.253 e. The van der Waals surface area contributed by atoms with Crippen molar-refractivity contribution in [3.05, 3.63) is 63.7 Å². The maximum atomic E-state index is 12.1. The molecule has 0 saturated heterocycles.